The van der Waals surface area contributed by atoms with Crippen molar-refractivity contribution >= 4 is 45.5 Å². The fourth-order valence-corrected chi connectivity index (χ4v) is 3.66. The summed E-state index contributed by atoms with van der Waals surface area (Å²) >= 11 is 12.5. The minimum atomic E-state index is 0.347. The molecule has 6 nitrogen and oxygen atoms in total. The van der Waals surface area contributed by atoms with E-state index in [1.807, 2.05) is 18.2 Å². The van der Waals surface area contributed by atoms with Gasteiger partial charge in [0.2, 0.25) is 0 Å². The lowest BCUT2D eigenvalue weighted by Gasteiger charge is -2.16. The van der Waals surface area contributed by atoms with Gasteiger partial charge in [-0.2, -0.15) is 5.26 Å². The van der Waals surface area contributed by atoms with Crippen molar-refractivity contribution in [1.82, 2.24) is 4.98 Å². The summed E-state index contributed by atoms with van der Waals surface area (Å²) in [5.41, 5.74) is 2.83. The number of furan rings is 1. The maximum atomic E-state index is 9.65. The molecule has 0 saturated carbocycles. The molecule has 0 unspecified atom stereocenters. The predicted molar refractivity (Wildman–Crippen MR) is 117 cm³/mol. The number of aromatic nitrogens is 1. The van der Waals surface area contributed by atoms with Crippen LogP contribution in [0, 0.1) is 11.3 Å². The van der Waals surface area contributed by atoms with E-state index in [0.29, 0.717) is 55.1 Å². The highest BCUT2D eigenvalue weighted by Gasteiger charge is 2.17. The van der Waals surface area contributed by atoms with Gasteiger partial charge >= 0.3 is 0 Å². The minimum Gasteiger partial charge on any atom is -0.496 e. The molecule has 0 radical (unpaired) electrons. The van der Waals surface area contributed by atoms with Crippen LogP contribution >= 0.6 is 23.2 Å². The second kappa shape index (κ2) is 8.15. The van der Waals surface area contributed by atoms with Crippen LogP contribution in [0.15, 0.2) is 53.3 Å². The first-order valence-electron chi connectivity index (χ1n) is 8.80. The Balaban J connectivity index is 1.92. The van der Waals surface area contributed by atoms with Gasteiger partial charge in [0, 0.05) is 17.6 Å². The number of hydrogen-bond donors (Lipinski definition) is 1. The highest BCUT2D eigenvalue weighted by Crippen LogP contribution is 2.40. The second-order valence-electron chi connectivity index (χ2n) is 6.30. The molecule has 2 heterocycles. The number of pyridine rings is 1. The van der Waals surface area contributed by atoms with Gasteiger partial charge in [0.25, 0.3) is 0 Å². The first-order chi connectivity index (χ1) is 14.5. The molecule has 0 saturated heterocycles. The number of benzene rings is 2. The SMILES string of the molecule is COc1cc(Nc2c(C#N)cnc3cc(-c4ccco4)c(OC)cc23)c(Cl)cc1Cl. The molecule has 0 atom stereocenters. The Kier molecular flexibility index (Phi) is 5.40. The zero-order valence-corrected chi connectivity index (χ0v) is 17.5. The Labute approximate surface area is 182 Å². The number of nitrogens with one attached hydrogen (secondary N) is 1. The maximum absolute atomic E-state index is 9.65. The van der Waals surface area contributed by atoms with E-state index in [9.17, 15) is 5.26 Å². The molecule has 0 aliphatic rings. The van der Waals surface area contributed by atoms with Crippen molar-refractivity contribution in [1.29, 1.82) is 5.26 Å². The molecule has 4 aromatic rings. The Bertz CT molecular complexity index is 1280. The zero-order chi connectivity index (χ0) is 21.3. The van der Waals surface area contributed by atoms with E-state index >= 15 is 0 Å². The van der Waals surface area contributed by atoms with Crippen LogP contribution in [-0.2, 0) is 0 Å². The summed E-state index contributed by atoms with van der Waals surface area (Å²) in [5, 5.41) is 14.3. The molecule has 4 rings (SSSR count). The second-order valence-corrected chi connectivity index (χ2v) is 7.11. The molecular weight excluding hydrogens is 425 g/mol. The molecule has 8 heteroatoms. The predicted octanol–water partition coefficient (Wildman–Crippen LogP) is 6.43. The molecule has 0 spiro atoms. The van der Waals surface area contributed by atoms with Gasteiger partial charge in [0.15, 0.2) is 0 Å². The van der Waals surface area contributed by atoms with Crippen LogP contribution in [0.4, 0.5) is 11.4 Å². The van der Waals surface area contributed by atoms with E-state index in [1.165, 1.54) is 13.3 Å². The largest absolute Gasteiger partial charge is 0.496 e. The van der Waals surface area contributed by atoms with Gasteiger partial charge in [-0.25, -0.2) is 0 Å². The fourth-order valence-electron chi connectivity index (χ4n) is 3.15. The van der Waals surface area contributed by atoms with Gasteiger partial charge in [-0.05, 0) is 30.3 Å². The summed E-state index contributed by atoms with van der Waals surface area (Å²) in [6.45, 7) is 0. The molecule has 1 N–H and O–H groups in total. The van der Waals surface area contributed by atoms with E-state index in [0.717, 1.165) is 5.56 Å². The van der Waals surface area contributed by atoms with Crippen LogP contribution in [0.5, 0.6) is 11.5 Å². The molecular formula is C22H15Cl2N3O3. The van der Waals surface area contributed by atoms with Crippen molar-refractivity contribution in [2.75, 3.05) is 19.5 Å². The fraction of sp³-hybridized carbons (Fsp3) is 0.0909. The minimum absolute atomic E-state index is 0.347. The third-order valence-corrected chi connectivity index (χ3v) is 5.21. The standard InChI is InChI=1S/C22H15Cl2N3O3/c1-28-20-7-13-17(6-14(20)19-4-3-5-30-19)26-11-12(10-25)22(13)27-18-9-21(29-2)16(24)8-15(18)23/h3-9,11H,1-2H3,(H,26,27). The van der Waals surface area contributed by atoms with Gasteiger partial charge in [0.05, 0.1) is 58.5 Å². The highest BCUT2D eigenvalue weighted by molar-refractivity contribution is 6.37. The van der Waals surface area contributed by atoms with Crippen LogP contribution in [0.1, 0.15) is 5.56 Å². The topological polar surface area (TPSA) is 80.3 Å². The molecule has 0 bridgehead atoms. The highest BCUT2D eigenvalue weighted by atomic mass is 35.5. The van der Waals surface area contributed by atoms with Crippen molar-refractivity contribution in [2.24, 2.45) is 0 Å². The molecule has 2 aromatic heterocycles. The van der Waals surface area contributed by atoms with Crippen LogP contribution in [0.2, 0.25) is 10.0 Å². The molecule has 0 aliphatic carbocycles. The van der Waals surface area contributed by atoms with Gasteiger partial charge in [-0.3, -0.25) is 4.98 Å². The van der Waals surface area contributed by atoms with Crippen molar-refractivity contribution < 1.29 is 13.9 Å². The first-order valence-corrected chi connectivity index (χ1v) is 9.56. The molecule has 150 valence electrons. The van der Waals surface area contributed by atoms with Crippen LogP contribution in [0.3, 0.4) is 0 Å². The number of methoxy groups -OCH3 is 2. The third kappa shape index (κ3) is 3.50. The van der Waals surface area contributed by atoms with Crippen molar-refractivity contribution in [3.63, 3.8) is 0 Å². The molecule has 30 heavy (non-hydrogen) atoms. The first kappa shape index (κ1) is 19.9. The average molecular weight is 440 g/mol. The smallest absolute Gasteiger partial charge is 0.139 e. The Morgan fingerprint density at radius 3 is 2.53 bits per heavy atom. The van der Waals surface area contributed by atoms with E-state index in [1.54, 1.807) is 31.6 Å². The number of nitrogens with zero attached hydrogens (tertiary/aromatic N) is 2. The van der Waals surface area contributed by atoms with Crippen molar-refractivity contribution in [2.45, 2.75) is 0 Å². The number of ether oxygens (including phenoxy) is 2. The molecule has 0 amide bonds. The molecule has 2 aromatic carbocycles. The Hall–Kier alpha value is -3.40. The van der Waals surface area contributed by atoms with Gasteiger partial charge in [-0.1, -0.05) is 23.2 Å². The van der Waals surface area contributed by atoms with Crippen LogP contribution in [0.25, 0.3) is 22.2 Å². The number of halogens is 2. The lowest BCUT2D eigenvalue weighted by atomic mass is 10.0. The van der Waals surface area contributed by atoms with E-state index in [4.69, 9.17) is 37.1 Å². The summed E-state index contributed by atoms with van der Waals surface area (Å²) in [6, 6.07) is 12.7. The number of anilines is 2. The van der Waals surface area contributed by atoms with Crippen LogP contribution < -0.4 is 14.8 Å². The van der Waals surface area contributed by atoms with Gasteiger partial charge in [-0.15, -0.1) is 0 Å². The normalized spacial score (nSPS) is 10.6. The summed E-state index contributed by atoms with van der Waals surface area (Å²) in [6.07, 6.45) is 3.10. The number of fused-ring (bicyclic) bond motifs is 1. The van der Waals surface area contributed by atoms with Gasteiger partial charge < -0.3 is 19.2 Å². The summed E-state index contributed by atoms with van der Waals surface area (Å²) in [7, 11) is 3.09. The van der Waals surface area contributed by atoms with E-state index in [-0.39, 0.29) is 0 Å². The van der Waals surface area contributed by atoms with Crippen molar-refractivity contribution in [3.8, 4) is 28.9 Å². The number of rotatable bonds is 5. The third-order valence-electron chi connectivity index (χ3n) is 4.60. The van der Waals surface area contributed by atoms with E-state index in [2.05, 4.69) is 16.4 Å². The van der Waals surface area contributed by atoms with Gasteiger partial charge in [0.1, 0.15) is 23.3 Å². The zero-order valence-electron chi connectivity index (χ0n) is 16.0. The summed E-state index contributed by atoms with van der Waals surface area (Å²) < 4.78 is 16.4. The molecule has 0 fully saturated rings. The number of nitriles is 1. The monoisotopic (exact) mass is 439 g/mol. The molecule has 0 aliphatic heterocycles. The van der Waals surface area contributed by atoms with E-state index < -0.39 is 0 Å². The number of hydrogen-bond acceptors (Lipinski definition) is 6. The maximum Gasteiger partial charge on any atom is 0.139 e. The summed E-state index contributed by atoms with van der Waals surface area (Å²) in [5.74, 6) is 1.69. The Morgan fingerprint density at radius 1 is 1.07 bits per heavy atom. The van der Waals surface area contributed by atoms with Crippen molar-refractivity contribution in [3.05, 3.63) is 64.5 Å². The Morgan fingerprint density at radius 2 is 1.87 bits per heavy atom. The van der Waals surface area contributed by atoms with Crippen LogP contribution in [-0.4, -0.2) is 19.2 Å². The quantitative estimate of drug-likeness (QED) is 0.385. The average Bonchev–Trinajstić information content (AvgIpc) is 3.29. The lowest BCUT2D eigenvalue weighted by Crippen LogP contribution is -1.99. The summed E-state index contributed by atoms with van der Waals surface area (Å²) in [4.78, 5) is 4.43. The lowest BCUT2D eigenvalue weighted by molar-refractivity contribution is 0.415.